The molecule has 0 bridgehead atoms. The Bertz CT molecular complexity index is 901. The van der Waals surface area contributed by atoms with Crippen molar-refractivity contribution in [3.63, 3.8) is 0 Å². The van der Waals surface area contributed by atoms with Crippen molar-refractivity contribution in [3.8, 4) is 5.75 Å². The van der Waals surface area contributed by atoms with Crippen LogP contribution in [0.15, 0.2) is 18.2 Å². The van der Waals surface area contributed by atoms with Gasteiger partial charge in [-0.1, -0.05) is 19.8 Å². The third-order valence-corrected chi connectivity index (χ3v) is 6.00. The molecule has 3 aliphatic rings. The van der Waals surface area contributed by atoms with E-state index in [1.54, 1.807) is 25.1 Å². The molecule has 3 N–H and O–H groups in total. The van der Waals surface area contributed by atoms with Gasteiger partial charge in [0.2, 0.25) is 5.91 Å². The van der Waals surface area contributed by atoms with Crippen LogP contribution < -0.4 is 20.7 Å². The van der Waals surface area contributed by atoms with Crippen LogP contribution in [-0.4, -0.2) is 46.8 Å². The summed E-state index contributed by atoms with van der Waals surface area (Å²) in [6.45, 7) is 3.24. The Morgan fingerprint density at radius 2 is 2.07 bits per heavy atom. The fourth-order valence-corrected chi connectivity index (χ4v) is 4.27. The lowest BCUT2D eigenvalue weighted by Gasteiger charge is -2.36. The van der Waals surface area contributed by atoms with Crippen molar-refractivity contribution in [2.24, 2.45) is 5.92 Å². The molecule has 9 heteroatoms. The first-order valence-corrected chi connectivity index (χ1v) is 9.86. The molecule has 1 aromatic rings. The minimum atomic E-state index is -0.889. The minimum absolute atomic E-state index is 0.0346. The highest BCUT2D eigenvalue weighted by Crippen LogP contribution is 2.38. The second-order valence-corrected chi connectivity index (χ2v) is 7.95. The zero-order valence-electron chi connectivity index (χ0n) is 16.4. The standard InChI is InChI=1S/C20H24N4O5/c1-11-5-3-4-8-20(11)18(27)24(19(28)23-20)10-16(25)21-13-6-7-15-14(9-13)22-17(26)12(2)29-15/h6-7,9,11-12H,3-5,8,10H2,1-2H3,(H,21,25)(H,22,26)(H,23,28)/t11-,12-,20-/m0/s1. The van der Waals surface area contributed by atoms with E-state index in [0.717, 1.165) is 24.2 Å². The normalized spacial score (nSPS) is 28.5. The number of carbonyl (C=O) groups is 4. The number of rotatable bonds is 3. The first-order valence-electron chi connectivity index (χ1n) is 9.86. The topological polar surface area (TPSA) is 117 Å². The number of imide groups is 1. The Labute approximate surface area is 168 Å². The van der Waals surface area contributed by atoms with Crippen molar-refractivity contribution in [2.75, 3.05) is 17.2 Å². The molecule has 2 heterocycles. The molecule has 1 spiro atoms. The predicted octanol–water partition coefficient (Wildman–Crippen LogP) is 1.85. The van der Waals surface area contributed by atoms with Gasteiger partial charge in [0.15, 0.2) is 6.10 Å². The number of ether oxygens (including phenoxy) is 1. The lowest BCUT2D eigenvalue weighted by Crippen LogP contribution is -2.54. The van der Waals surface area contributed by atoms with E-state index in [4.69, 9.17) is 4.74 Å². The molecular weight excluding hydrogens is 376 g/mol. The predicted molar refractivity (Wildman–Crippen MR) is 104 cm³/mol. The van der Waals surface area contributed by atoms with Crippen molar-refractivity contribution < 1.29 is 23.9 Å². The summed E-state index contributed by atoms with van der Waals surface area (Å²) in [7, 11) is 0. The Balaban J connectivity index is 1.44. The first kappa shape index (κ1) is 19.2. The maximum Gasteiger partial charge on any atom is 0.325 e. The van der Waals surface area contributed by atoms with Gasteiger partial charge < -0.3 is 20.7 Å². The van der Waals surface area contributed by atoms with Crippen LogP contribution in [-0.2, 0) is 14.4 Å². The number of urea groups is 1. The Hall–Kier alpha value is -3.10. The quantitative estimate of drug-likeness (QED) is 0.670. The van der Waals surface area contributed by atoms with Crippen molar-refractivity contribution in [2.45, 2.75) is 51.2 Å². The second-order valence-electron chi connectivity index (χ2n) is 7.95. The van der Waals surface area contributed by atoms with Crippen molar-refractivity contribution in [1.82, 2.24) is 10.2 Å². The summed E-state index contributed by atoms with van der Waals surface area (Å²) in [5.74, 6) is -0.549. The fourth-order valence-electron chi connectivity index (χ4n) is 4.27. The van der Waals surface area contributed by atoms with Gasteiger partial charge in [-0.3, -0.25) is 19.3 Å². The summed E-state index contributed by atoms with van der Waals surface area (Å²) in [4.78, 5) is 50.6. The van der Waals surface area contributed by atoms with Gasteiger partial charge in [0.05, 0.1) is 5.69 Å². The van der Waals surface area contributed by atoms with E-state index in [1.807, 2.05) is 6.92 Å². The Morgan fingerprint density at radius 1 is 1.28 bits per heavy atom. The molecule has 9 nitrogen and oxygen atoms in total. The number of anilines is 2. The van der Waals surface area contributed by atoms with Crippen LogP contribution in [0.25, 0.3) is 0 Å². The molecule has 5 amide bonds. The summed E-state index contributed by atoms with van der Waals surface area (Å²) in [5, 5.41) is 8.21. The molecule has 2 fully saturated rings. The fraction of sp³-hybridized carbons (Fsp3) is 0.500. The van der Waals surface area contributed by atoms with E-state index in [2.05, 4.69) is 16.0 Å². The monoisotopic (exact) mass is 400 g/mol. The minimum Gasteiger partial charge on any atom is -0.479 e. The molecule has 2 aliphatic heterocycles. The third kappa shape index (κ3) is 3.30. The molecule has 0 radical (unpaired) electrons. The molecule has 29 heavy (non-hydrogen) atoms. The SMILES string of the molecule is C[C@@H]1Oc2ccc(NC(=O)CN3C(=O)N[C@]4(CCCC[C@@H]4C)C3=O)cc2NC1=O. The zero-order chi connectivity index (χ0) is 20.8. The van der Waals surface area contributed by atoms with Gasteiger partial charge >= 0.3 is 6.03 Å². The summed E-state index contributed by atoms with van der Waals surface area (Å²) < 4.78 is 5.48. The van der Waals surface area contributed by atoms with Crippen molar-refractivity contribution in [3.05, 3.63) is 18.2 Å². The van der Waals surface area contributed by atoms with Crippen LogP contribution in [0.5, 0.6) is 5.75 Å². The van der Waals surface area contributed by atoms with E-state index < -0.39 is 23.6 Å². The lowest BCUT2D eigenvalue weighted by molar-refractivity contribution is -0.136. The van der Waals surface area contributed by atoms with E-state index in [1.165, 1.54) is 0 Å². The van der Waals surface area contributed by atoms with Crippen LogP contribution in [0.1, 0.15) is 39.5 Å². The summed E-state index contributed by atoms with van der Waals surface area (Å²) in [5.41, 5.74) is -0.00407. The van der Waals surface area contributed by atoms with Crippen LogP contribution in [0.3, 0.4) is 0 Å². The van der Waals surface area contributed by atoms with E-state index in [9.17, 15) is 19.2 Å². The van der Waals surface area contributed by atoms with E-state index >= 15 is 0 Å². The van der Waals surface area contributed by atoms with Crippen LogP contribution in [0, 0.1) is 5.92 Å². The van der Waals surface area contributed by atoms with Crippen molar-refractivity contribution in [1.29, 1.82) is 0 Å². The first-order chi connectivity index (χ1) is 13.8. The number of carbonyl (C=O) groups excluding carboxylic acids is 4. The number of hydrogen-bond acceptors (Lipinski definition) is 5. The number of hydrogen-bond donors (Lipinski definition) is 3. The molecule has 4 rings (SSSR count). The zero-order valence-corrected chi connectivity index (χ0v) is 16.4. The molecule has 154 valence electrons. The number of nitrogens with one attached hydrogen (secondary N) is 3. The highest BCUT2D eigenvalue weighted by atomic mass is 16.5. The van der Waals surface area contributed by atoms with Gasteiger partial charge in [0.1, 0.15) is 17.8 Å². The molecule has 1 aliphatic carbocycles. The maximum absolute atomic E-state index is 12.9. The molecule has 0 unspecified atom stereocenters. The molecular formula is C20H24N4O5. The number of nitrogens with zero attached hydrogens (tertiary/aromatic N) is 1. The molecule has 1 saturated heterocycles. The molecule has 3 atom stereocenters. The second kappa shape index (κ2) is 7.06. The third-order valence-electron chi connectivity index (χ3n) is 6.00. The van der Waals surface area contributed by atoms with Gasteiger partial charge in [-0.15, -0.1) is 0 Å². The number of fused-ring (bicyclic) bond motifs is 1. The van der Waals surface area contributed by atoms with Gasteiger partial charge in [0.25, 0.3) is 11.8 Å². The highest BCUT2D eigenvalue weighted by molar-refractivity contribution is 6.10. The Morgan fingerprint density at radius 3 is 2.83 bits per heavy atom. The lowest BCUT2D eigenvalue weighted by atomic mass is 9.73. The van der Waals surface area contributed by atoms with Gasteiger partial charge in [-0.25, -0.2) is 4.79 Å². The van der Waals surface area contributed by atoms with Gasteiger partial charge in [-0.2, -0.15) is 0 Å². The van der Waals surface area contributed by atoms with E-state index in [-0.39, 0.29) is 24.3 Å². The van der Waals surface area contributed by atoms with Gasteiger partial charge in [-0.05, 0) is 43.9 Å². The van der Waals surface area contributed by atoms with Crippen molar-refractivity contribution >= 4 is 35.1 Å². The highest BCUT2D eigenvalue weighted by Gasteiger charge is 2.55. The maximum atomic E-state index is 12.9. The molecule has 1 saturated carbocycles. The van der Waals surface area contributed by atoms with Crippen LogP contribution in [0.4, 0.5) is 16.2 Å². The summed E-state index contributed by atoms with van der Waals surface area (Å²) in [6, 6.07) is 4.33. The smallest absolute Gasteiger partial charge is 0.325 e. The van der Waals surface area contributed by atoms with Crippen LogP contribution in [0.2, 0.25) is 0 Å². The summed E-state index contributed by atoms with van der Waals surface area (Å²) in [6.07, 6.45) is 2.78. The van der Waals surface area contributed by atoms with E-state index in [0.29, 0.717) is 23.5 Å². The molecule has 1 aromatic carbocycles. The largest absolute Gasteiger partial charge is 0.479 e. The average Bonchev–Trinajstić information content (AvgIpc) is 2.90. The Kier molecular flexibility index (Phi) is 4.68. The number of benzene rings is 1. The summed E-state index contributed by atoms with van der Waals surface area (Å²) >= 11 is 0. The average molecular weight is 400 g/mol. The molecule has 0 aromatic heterocycles. The van der Waals surface area contributed by atoms with Crippen LogP contribution >= 0.6 is 0 Å². The number of amides is 5. The van der Waals surface area contributed by atoms with Gasteiger partial charge in [0, 0.05) is 5.69 Å².